The van der Waals surface area contributed by atoms with Gasteiger partial charge < -0.3 is 24.4 Å². The number of methoxy groups -OCH3 is 1. The molecule has 0 unspecified atom stereocenters. The predicted octanol–water partition coefficient (Wildman–Crippen LogP) is 2.40. The SMILES string of the molecule is COc1ccc(OCC(=O)N2CCC[C@@]3(CNC(=O)c4cc(F)ccc4O3)C2)cc1. The maximum absolute atomic E-state index is 13.6. The fourth-order valence-electron chi connectivity index (χ4n) is 3.82. The largest absolute Gasteiger partial charge is 0.497 e. The van der Waals surface area contributed by atoms with E-state index in [4.69, 9.17) is 14.2 Å². The quantitative estimate of drug-likeness (QED) is 0.832. The van der Waals surface area contributed by atoms with Gasteiger partial charge in [0.05, 0.1) is 25.8 Å². The van der Waals surface area contributed by atoms with Crippen LogP contribution in [-0.2, 0) is 4.79 Å². The van der Waals surface area contributed by atoms with Crippen molar-refractivity contribution in [3.05, 3.63) is 53.8 Å². The third-order valence-corrected chi connectivity index (χ3v) is 5.40. The highest BCUT2D eigenvalue weighted by Crippen LogP contribution is 2.32. The Morgan fingerprint density at radius 1 is 1.23 bits per heavy atom. The Balaban J connectivity index is 1.43. The number of hydrogen-bond donors (Lipinski definition) is 1. The summed E-state index contributed by atoms with van der Waals surface area (Å²) in [6.45, 7) is 1.04. The molecule has 0 aromatic heterocycles. The van der Waals surface area contributed by atoms with Crippen LogP contribution in [0.5, 0.6) is 17.2 Å². The molecule has 0 saturated carbocycles. The molecule has 1 spiro atoms. The Morgan fingerprint density at radius 2 is 2.00 bits per heavy atom. The van der Waals surface area contributed by atoms with Crippen LogP contribution in [0.2, 0.25) is 0 Å². The number of rotatable bonds is 4. The summed E-state index contributed by atoms with van der Waals surface area (Å²) in [5, 5.41) is 2.80. The molecule has 4 rings (SSSR count). The number of piperidine rings is 1. The Hall–Kier alpha value is -3.29. The molecule has 1 fully saturated rings. The molecular formula is C22H23FN2O5. The van der Waals surface area contributed by atoms with E-state index in [2.05, 4.69) is 5.32 Å². The number of amides is 2. The van der Waals surface area contributed by atoms with Crippen LogP contribution < -0.4 is 19.5 Å². The second-order valence-corrected chi connectivity index (χ2v) is 7.49. The third kappa shape index (κ3) is 4.17. The van der Waals surface area contributed by atoms with E-state index in [1.807, 2.05) is 0 Å². The smallest absolute Gasteiger partial charge is 0.260 e. The number of fused-ring (bicyclic) bond motifs is 1. The maximum atomic E-state index is 13.6. The van der Waals surface area contributed by atoms with Gasteiger partial charge in [-0.05, 0) is 55.3 Å². The second kappa shape index (κ2) is 8.22. The van der Waals surface area contributed by atoms with Crippen LogP contribution in [0.15, 0.2) is 42.5 Å². The van der Waals surface area contributed by atoms with Crippen molar-refractivity contribution in [2.45, 2.75) is 18.4 Å². The average molecular weight is 414 g/mol. The lowest BCUT2D eigenvalue weighted by atomic mass is 9.92. The molecule has 7 nitrogen and oxygen atoms in total. The molecule has 2 aromatic carbocycles. The fourth-order valence-corrected chi connectivity index (χ4v) is 3.82. The van der Waals surface area contributed by atoms with Gasteiger partial charge in [0.15, 0.2) is 6.61 Å². The van der Waals surface area contributed by atoms with Gasteiger partial charge in [0.2, 0.25) is 0 Å². The molecule has 2 amide bonds. The first-order valence-corrected chi connectivity index (χ1v) is 9.79. The minimum absolute atomic E-state index is 0.101. The summed E-state index contributed by atoms with van der Waals surface area (Å²) in [6, 6.07) is 10.9. The van der Waals surface area contributed by atoms with Crippen molar-refractivity contribution in [1.29, 1.82) is 0 Å². The Morgan fingerprint density at radius 3 is 2.77 bits per heavy atom. The van der Waals surface area contributed by atoms with Crippen molar-refractivity contribution in [3.63, 3.8) is 0 Å². The number of nitrogens with one attached hydrogen (secondary N) is 1. The molecule has 2 heterocycles. The third-order valence-electron chi connectivity index (χ3n) is 5.40. The van der Waals surface area contributed by atoms with Crippen LogP contribution in [0.3, 0.4) is 0 Å². The molecule has 2 aliphatic rings. The highest BCUT2D eigenvalue weighted by molar-refractivity contribution is 5.97. The monoisotopic (exact) mass is 414 g/mol. The minimum atomic E-state index is -0.757. The molecule has 30 heavy (non-hydrogen) atoms. The summed E-state index contributed by atoms with van der Waals surface area (Å²) in [5.74, 6) is 0.565. The van der Waals surface area contributed by atoms with Gasteiger partial charge in [0, 0.05) is 6.54 Å². The molecular weight excluding hydrogens is 391 g/mol. The van der Waals surface area contributed by atoms with Crippen LogP contribution >= 0.6 is 0 Å². The molecule has 0 radical (unpaired) electrons. The molecule has 0 bridgehead atoms. The van der Waals surface area contributed by atoms with Gasteiger partial charge in [0.25, 0.3) is 11.8 Å². The molecule has 1 saturated heterocycles. The van der Waals surface area contributed by atoms with Crippen LogP contribution in [0.25, 0.3) is 0 Å². The molecule has 0 aliphatic carbocycles. The zero-order chi connectivity index (χ0) is 21.1. The van der Waals surface area contributed by atoms with Gasteiger partial charge in [-0.2, -0.15) is 0 Å². The lowest BCUT2D eigenvalue weighted by molar-refractivity contribution is -0.138. The van der Waals surface area contributed by atoms with Crippen molar-refractivity contribution in [3.8, 4) is 17.2 Å². The zero-order valence-corrected chi connectivity index (χ0v) is 16.7. The normalized spacial score (nSPS) is 20.6. The van der Waals surface area contributed by atoms with Crippen LogP contribution in [0.4, 0.5) is 4.39 Å². The summed E-state index contributed by atoms with van der Waals surface area (Å²) >= 11 is 0. The van der Waals surface area contributed by atoms with Crippen molar-refractivity contribution in [2.24, 2.45) is 0 Å². The fraction of sp³-hybridized carbons (Fsp3) is 0.364. The molecule has 2 aromatic rings. The van der Waals surface area contributed by atoms with E-state index in [0.717, 1.165) is 12.5 Å². The number of hydrogen-bond acceptors (Lipinski definition) is 5. The second-order valence-electron chi connectivity index (χ2n) is 7.49. The van der Waals surface area contributed by atoms with Gasteiger partial charge >= 0.3 is 0 Å². The average Bonchev–Trinajstić information content (AvgIpc) is 2.89. The Kier molecular flexibility index (Phi) is 5.48. The molecule has 158 valence electrons. The van der Waals surface area contributed by atoms with Crippen LogP contribution in [-0.4, -0.2) is 55.7 Å². The summed E-state index contributed by atoms with van der Waals surface area (Å²) < 4.78 is 30.5. The number of ether oxygens (including phenoxy) is 3. The van der Waals surface area contributed by atoms with Crippen LogP contribution in [0.1, 0.15) is 23.2 Å². The summed E-state index contributed by atoms with van der Waals surface area (Å²) in [5.41, 5.74) is -0.592. The number of likely N-dealkylation sites (tertiary alicyclic amines) is 1. The van der Waals surface area contributed by atoms with E-state index in [0.29, 0.717) is 36.8 Å². The van der Waals surface area contributed by atoms with Gasteiger partial charge in [-0.1, -0.05) is 0 Å². The number of halogens is 1. The maximum Gasteiger partial charge on any atom is 0.260 e. The summed E-state index contributed by atoms with van der Waals surface area (Å²) in [6.07, 6.45) is 1.40. The first-order valence-electron chi connectivity index (χ1n) is 9.79. The Bertz CT molecular complexity index is 949. The molecule has 2 aliphatic heterocycles. The number of carbonyl (C=O) groups excluding carboxylic acids is 2. The van der Waals surface area contributed by atoms with E-state index in [9.17, 15) is 14.0 Å². The van der Waals surface area contributed by atoms with E-state index in [1.54, 1.807) is 36.3 Å². The van der Waals surface area contributed by atoms with Crippen LogP contribution in [0, 0.1) is 5.82 Å². The topological polar surface area (TPSA) is 77.1 Å². The van der Waals surface area contributed by atoms with Gasteiger partial charge in [-0.3, -0.25) is 9.59 Å². The number of carbonyl (C=O) groups is 2. The van der Waals surface area contributed by atoms with Crippen molar-refractivity contribution in [2.75, 3.05) is 33.4 Å². The van der Waals surface area contributed by atoms with Gasteiger partial charge in [-0.25, -0.2) is 4.39 Å². The first kappa shape index (κ1) is 20.0. The van der Waals surface area contributed by atoms with E-state index >= 15 is 0 Å². The van der Waals surface area contributed by atoms with Gasteiger partial charge in [0.1, 0.15) is 28.7 Å². The van der Waals surface area contributed by atoms with E-state index < -0.39 is 11.4 Å². The lowest BCUT2D eigenvalue weighted by Gasteiger charge is -2.42. The molecule has 1 atom stereocenters. The lowest BCUT2D eigenvalue weighted by Crippen LogP contribution is -2.58. The zero-order valence-electron chi connectivity index (χ0n) is 16.7. The van der Waals surface area contributed by atoms with Crippen molar-refractivity contribution in [1.82, 2.24) is 10.2 Å². The molecule has 1 N–H and O–H groups in total. The standard InChI is InChI=1S/C22H23FN2O5/c1-28-16-4-6-17(7-5-16)29-12-20(26)25-10-2-9-22(14-25)13-24-21(27)18-11-15(23)3-8-19(18)30-22/h3-8,11H,2,9-10,12-14H2,1H3,(H,24,27)/t22-/m1/s1. The number of benzene rings is 2. The minimum Gasteiger partial charge on any atom is -0.497 e. The summed E-state index contributed by atoms with van der Waals surface area (Å²) in [4.78, 5) is 26.8. The van der Waals surface area contributed by atoms with Crippen molar-refractivity contribution < 1.29 is 28.2 Å². The highest BCUT2D eigenvalue weighted by atomic mass is 19.1. The Labute approximate surface area is 173 Å². The van der Waals surface area contributed by atoms with Crippen molar-refractivity contribution >= 4 is 11.8 Å². The van der Waals surface area contributed by atoms with E-state index in [1.165, 1.54) is 12.1 Å². The molecule has 8 heteroatoms. The number of nitrogens with zero attached hydrogens (tertiary/aromatic N) is 1. The predicted molar refractivity (Wildman–Crippen MR) is 106 cm³/mol. The summed E-state index contributed by atoms with van der Waals surface area (Å²) in [7, 11) is 1.58. The van der Waals surface area contributed by atoms with E-state index in [-0.39, 0.29) is 30.5 Å². The van der Waals surface area contributed by atoms with Gasteiger partial charge in [-0.15, -0.1) is 0 Å². The highest BCUT2D eigenvalue weighted by Gasteiger charge is 2.42. The first-order chi connectivity index (χ1) is 14.5.